The standard InChI is InChI=1S/C27H39NO3Si/c1-6-10-13-25(19-28-21(5)20-30-27(28)29)26(31-32(7-2,8-3)9-4)24-17-16-22-14-11-12-15-23(22)18-24/h11-12,14-19,21,26H,6-10,13,20H2,1-5H3/b25-19+/t21-,26-/m0/s1. The first-order chi connectivity index (χ1) is 15.5. The quantitative estimate of drug-likeness (QED) is 0.326. The van der Waals surface area contributed by atoms with E-state index >= 15 is 0 Å². The molecule has 1 fully saturated rings. The lowest BCUT2D eigenvalue weighted by molar-refractivity contribution is 0.165. The smallest absolute Gasteiger partial charge is 0.414 e. The van der Waals surface area contributed by atoms with Crippen LogP contribution >= 0.6 is 0 Å². The number of ether oxygens (including phenoxy) is 1. The van der Waals surface area contributed by atoms with E-state index in [-0.39, 0.29) is 18.2 Å². The summed E-state index contributed by atoms with van der Waals surface area (Å²) in [7, 11) is -1.90. The zero-order chi connectivity index (χ0) is 23.1. The minimum absolute atomic E-state index is 0.0434. The lowest BCUT2D eigenvalue weighted by Crippen LogP contribution is -2.38. The average molecular weight is 454 g/mol. The summed E-state index contributed by atoms with van der Waals surface area (Å²) in [5.41, 5.74) is 2.36. The molecule has 2 aromatic carbocycles. The Morgan fingerprint density at radius 2 is 1.81 bits per heavy atom. The summed E-state index contributed by atoms with van der Waals surface area (Å²) in [4.78, 5) is 14.2. The Hall–Kier alpha value is -2.11. The van der Waals surface area contributed by atoms with Crippen LogP contribution in [-0.2, 0) is 9.16 Å². The largest absolute Gasteiger partial charge is 0.447 e. The zero-order valence-electron chi connectivity index (χ0n) is 20.4. The fourth-order valence-corrected chi connectivity index (χ4v) is 7.30. The molecule has 5 heteroatoms. The Morgan fingerprint density at radius 3 is 2.41 bits per heavy atom. The van der Waals surface area contributed by atoms with Gasteiger partial charge in [0.1, 0.15) is 6.61 Å². The highest BCUT2D eigenvalue weighted by Crippen LogP contribution is 2.38. The highest BCUT2D eigenvalue weighted by Gasteiger charge is 2.35. The van der Waals surface area contributed by atoms with Gasteiger partial charge >= 0.3 is 6.09 Å². The Bertz CT molecular complexity index is 929. The number of hydrogen-bond donors (Lipinski definition) is 0. The van der Waals surface area contributed by atoms with Crippen LogP contribution in [-0.4, -0.2) is 32.0 Å². The number of unbranched alkanes of at least 4 members (excludes halogenated alkanes) is 1. The number of nitrogens with zero attached hydrogens (tertiary/aromatic N) is 1. The molecule has 32 heavy (non-hydrogen) atoms. The van der Waals surface area contributed by atoms with Crippen molar-refractivity contribution in [2.45, 2.75) is 84.2 Å². The molecule has 3 rings (SSSR count). The van der Waals surface area contributed by atoms with Gasteiger partial charge in [-0.1, -0.05) is 70.5 Å². The number of carbonyl (C=O) groups is 1. The van der Waals surface area contributed by atoms with E-state index in [4.69, 9.17) is 9.16 Å². The predicted octanol–water partition coefficient (Wildman–Crippen LogP) is 7.82. The third-order valence-corrected chi connectivity index (χ3v) is 11.6. The first-order valence-electron chi connectivity index (χ1n) is 12.3. The van der Waals surface area contributed by atoms with Gasteiger partial charge in [-0.15, -0.1) is 0 Å². The highest BCUT2D eigenvalue weighted by atomic mass is 28.4. The van der Waals surface area contributed by atoms with Crippen molar-refractivity contribution in [2.75, 3.05) is 6.61 Å². The minimum Gasteiger partial charge on any atom is -0.447 e. The normalized spacial score (nSPS) is 18.3. The summed E-state index contributed by atoms with van der Waals surface area (Å²) >= 11 is 0. The van der Waals surface area contributed by atoms with Crippen LogP contribution in [0.5, 0.6) is 0 Å². The summed E-state index contributed by atoms with van der Waals surface area (Å²) in [6.45, 7) is 11.5. The van der Waals surface area contributed by atoms with Crippen LogP contribution in [0.1, 0.15) is 65.5 Å². The molecule has 1 aliphatic heterocycles. The SMILES string of the molecule is CCCC/C(=C\N1C(=O)OC[C@@H]1C)[C@@H](O[Si](CC)(CC)CC)c1ccc2ccccc2c1. The first-order valence-corrected chi connectivity index (χ1v) is 14.8. The van der Waals surface area contributed by atoms with Crippen LogP contribution in [0.2, 0.25) is 18.1 Å². The Labute approximate surface area is 194 Å². The molecule has 0 saturated carbocycles. The fraction of sp³-hybridized carbons (Fsp3) is 0.519. The van der Waals surface area contributed by atoms with Gasteiger partial charge in [-0.2, -0.15) is 0 Å². The molecule has 174 valence electrons. The highest BCUT2D eigenvalue weighted by molar-refractivity contribution is 6.73. The zero-order valence-corrected chi connectivity index (χ0v) is 21.4. The molecule has 0 aromatic heterocycles. The van der Waals surface area contributed by atoms with Gasteiger partial charge in [0, 0.05) is 6.20 Å². The van der Waals surface area contributed by atoms with E-state index in [1.165, 1.54) is 21.9 Å². The van der Waals surface area contributed by atoms with Gasteiger partial charge in [-0.3, -0.25) is 4.90 Å². The van der Waals surface area contributed by atoms with Crippen molar-refractivity contribution in [3.05, 3.63) is 59.8 Å². The van der Waals surface area contributed by atoms with E-state index in [1.807, 2.05) is 13.1 Å². The molecule has 4 nitrogen and oxygen atoms in total. The van der Waals surface area contributed by atoms with Crippen LogP contribution in [0.3, 0.4) is 0 Å². The number of fused-ring (bicyclic) bond motifs is 1. The van der Waals surface area contributed by atoms with E-state index in [2.05, 4.69) is 70.2 Å². The fourth-order valence-electron chi connectivity index (χ4n) is 4.51. The van der Waals surface area contributed by atoms with Gasteiger partial charge in [0.2, 0.25) is 0 Å². The van der Waals surface area contributed by atoms with E-state index in [0.717, 1.165) is 37.4 Å². The molecule has 0 unspecified atom stereocenters. The van der Waals surface area contributed by atoms with E-state index in [9.17, 15) is 4.79 Å². The van der Waals surface area contributed by atoms with E-state index in [1.54, 1.807) is 4.90 Å². The van der Waals surface area contributed by atoms with Crippen molar-refractivity contribution >= 4 is 25.2 Å². The lowest BCUT2D eigenvalue weighted by atomic mass is 9.95. The Morgan fingerprint density at radius 1 is 1.12 bits per heavy atom. The van der Waals surface area contributed by atoms with Crippen molar-refractivity contribution in [1.29, 1.82) is 0 Å². The Balaban J connectivity index is 2.11. The van der Waals surface area contributed by atoms with Crippen LogP contribution in [0, 0.1) is 0 Å². The predicted molar refractivity (Wildman–Crippen MR) is 135 cm³/mol. The molecule has 1 saturated heterocycles. The third-order valence-electron chi connectivity index (χ3n) is 6.97. The molecule has 2 atom stereocenters. The Kier molecular flexibility index (Phi) is 8.55. The van der Waals surface area contributed by atoms with Gasteiger partial charge in [-0.05, 0) is 65.9 Å². The number of rotatable bonds is 11. The molecule has 0 N–H and O–H groups in total. The number of cyclic esters (lactones) is 1. The summed E-state index contributed by atoms with van der Waals surface area (Å²) in [6.07, 6.45) is 4.71. The summed E-state index contributed by atoms with van der Waals surface area (Å²) in [6, 6.07) is 18.5. The number of hydrogen-bond acceptors (Lipinski definition) is 3. The molecule has 0 aliphatic carbocycles. The van der Waals surface area contributed by atoms with E-state index < -0.39 is 8.32 Å². The summed E-state index contributed by atoms with van der Waals surface area (Å²) < 4.78 is 12.5. The first kappa shape index (κ1) is 24.5. The van der Waals surface area contributed by atoms with Crippen molar-refractivity contribution < 1.29 is 14.0 Å². The van der Waals surface area contributed by atoms with E-state index in [0.29, 0.717) is 6.61 Å². The second-order valence-electron chi connectivity index (χ2n) is 8.99. The summed E-state index contributed by atoms with van der Waals surface area (Å²) in [5.74, 6) is 0. The van der Waals surface area contributed by atoms with Crippen molar-refractivity contribution in [1.82, 2.24) is 4.90 Å². The second-order valence-corrected chi connectivity index (χ2v) is 13.7. The van der Waals surface area contributed by atoms with Gasteiger partial charge < -0.3 is 9.16 Å². The van der Waals surface area contributed by atoms with Crippen molar-refractivity contribution in [3.63, 3.8) is 0 Å². The third kappa shape index (κ3) is 5.44. The van der Waals surface area contributed by atoms with Gasteiger partial charge in [-0.25, -0.2) is 4.79 Å². The number of carbonyl (C=O) groups excluding carboxylic acids is 1. The molecule has 1 aliphatic rings. The lowest BCUT2D eigenvalue weighted by Gasteiger charge is -2.35. The monoisotopic (exact) mass is 453 g/mol. The molecule has 0 radical (unpaired) electrons. The van der Waals surface area contributed by atoms with Gasteiger partial charge in [0.25, 0.3) is 0 Å². The number of amides is 1. The van der Waals surface area contributed by atoms with Crippen molar-refractivity contribution in [3.8, 4) is 0 Å². The summed E-state index contributed by atoms with van der Waals surface area (Å²) in [5, 5.41) is 2.45. The maximum Gasteiger partial charge on any atom is 0.414 e. The molecule has 2 aromatic rings. The molecule has 0 spiro atoms. The molecular weight excluding hydrogens is 414 g/mol. The van der Waals surface area contributed by atoms with Crippen LogP contribution in [0.15, 0.2) is 54.2 Å². The van der Waals surface area contributed by atoms with Crippen LogP contribution in [0.25, 0.3) is 10.8 Å². The van der Waals surface area contributed by atoms with Crippen molar-refractivity contribution in [2.24, 2.45) is 0 Å². The topological polar surface area (TPSA) is 38.8 Å². The maximum absolute atomic E-state index is 12.4. The minimum atomic E-state index is -1.90. The second kappa shape index (κ2) is 11.1. The molecule has 1 heterocycles. The molecule has 1 amide bonds. The van der Waals surface area contributed by atoms with Crippen LogP contribution in [0.4, 0.5) is 4.79 Å². The number of benzene rings is 2. The van der Waals surface area contributed by atoms with Crippen LogP contribution < -0.4 is 0 Å². The van der Waals surface area contributed by atoms with Gasteiger partial charge in [0.15, 0.2) is 8.32 Å². The average Bonchev–Trinajstić information content (AvgIpc) is 3.15. The molecular formula is C27H39NO3Si. The van der Waals surface area contributed by atoms with Gasteiger partial charge in [0.05, 0.1) is 12.1 Å². The maximum atomic E-state index is 12.4. The molecule has 0 bridgehead atoms.